The Morgan fingerprint density at radius 1 is 0.698 bits per heavy atom. The van der Waals surface area contributed by atoms with E-state index in [9.17, 15) is 0 Å². The number of benzene rings is 4. The van der Waals surface area contributed by atoms with Crippen LogP contribution in [0.15, 0.2) is 132 Å². The molecule has 5 heteroatoms. The minimum atomic E-state index is 0.647. The number of aliphatic imine (C=N–C) groups is 1. The van der Waals surface area contributed by atoms with Crippen LogP contribution >= 0.6 is 0 Å². The summed E-state index contributed by atoms with van der Waals surface area (Å²) in [5.74, 6) is 1.72. The number of fused-ring (bicyclic) bond motifs is 1. The summed E-state index contributed by atoms with van der Waals surface area (Å²) in [6.07, 6.45) is 8.49. The molecule has 6 rings (SSSR count). The Labute approximate surface area is 252 Å². The monoisotopic (exact) mass is 565 g/mol. The number of para-hydroxylation sites is 1. The van der Waals surface area contributed by atoms with E-state index in [1.165, 1.54) is 16.5 Å². The minimum Gasteiger partial charge on any atom is -0.494 e. The smallest absolute Gasteiger partial charge is 0.119 e. The minimum absolute atomic E-state index is 0.647. The molecule has 1 aliphatic carbocycles. The van der Waals surface area contributed by atoms with Crippen molar-refractivity contribution in [1.29, 1.82) is 0 Å². The van der Waals surface area contributed by atoms with Gasteiger partial charge in [-0.3, -0.25) is 0 Å². The van der Waals surface area contributed by atoms with Crippen molar-refractivity contribution in [3.05, 3.63) is 144 Å². The van der Waals surface area contributed by atoms with E-state index < -0.39 is 0 Å². The number of allylic oxidation sites excluding steroid dienone is 5. The molecular weight excluding hydrogens is 530 g/mol. The number of ether oxygens (including phenoxy) is 2. The number of aromatic nitrogens is 1. The van der Waals surface area contributed by atoms with Crippen molar-refractivity contribution in [2.24, 2.45) is 4.99 Å². The van der Waals surface area contributed by atoms with Crippen LogP contribution in [0.4, 0.5) is 17.1 Å². The van der Waals surface area contributed by atoms with E-state index in [4.69, 9.17) is 14.5 Å². The van der Waals surface area contributed by atoms with E-state index in [0.29, 0.717) is 13.2 Å². The Hall–Kier alpha value is -5.29. The van der Waals surface area contributed by atoms with Crippen LogP contribution in [0.2, 0.25) is 0 Å². The number of nitrogens with zero attached hydrogens (tertiary/aromatic N) is 1. The number of aromatic amines is 1. The predicted molar refractivity (Wildman–Crippen MR) is 179 cm³/mol. The first-order chi connectivity index (χ1) is 21.1. The van der Waals surface area contributed by atoms with Crippen LogP contribution < -0.4 is 14.8 Å². The molecule has 0 saturated carbocycles. The first-order valence-electron chi connectivity index (χ1n) is 14.7. The van der Waals surface area contributed by atoms with Gasteiger partial charge in [0, 0.05) is 33.5 Å². The van der Waals surface area contributed by atoms with E-state index in [0.717, 1.165) is 56.6 Å². The normalized spacial score (nSPS) is 12.4. The molecule has 0 bridgehead atoms. The SMILES string of the molecule is CCOc1ccc(N=C2C=CC(=C(c3ccc(Nc4ccc(OCC)cc4)cc3)c3c(C)[nH]c4ccccc34)C=C2)cc1. The number of aryl methyl sites for hydroxylation is 1. The lowest BCUT2D eigenvalue weighted by atomic mass is 9.89. The molecule has 1 aromatic heterocycles. The van der Waals surface area contributed by atoms with E-state index in [-0.39, 0.29) is 0 Å². The quantitative estimate of drug-likeness (QED) is 0.187. The van der Waals surface area contributed by atoms with Gasteiger partial charge in [-0.25, -0.2) is 4.99 Å². The molecule has 4 aromatic carbocycles. The van der Waals surface area contributed by atoms with Crippen molar-refractivity contribution in [2.45, 2.75) is 20.8 Å². The van der Waals surface area contributed by atoms with Gasteiger partial charge in [-0.1, -0.05) is 42.5 Å². The molecule has 1 aliphatic rings. The van der Waals surface area contributed by atoms with E-state index >= 15 is 0 Å². The van der Waals surface area contributed by atoms with Crippen molar-refractivity contribution in [2.75, 3.05) is 18.5 Å². The predicted octanol–water partition coefficient (Wildman–Crippen LogP) is 9.72. The van der Waals surface area contributed by atoms with Gasteiger partial charge in [-0.2, -0.15) is 0 Å². The third-order valence-corrected chi connectivity index (χ3v) is 7.33. The molecule has 0 spiro atoms. The summed E-state index contributed by atoms with van der Waals surface area (Å²) >= 11 is 0. The molecule has 0 saturated heterocycles. The van der Waals surface area contributed by atoms with E-state index in [1.807, 2.05) is 62.4 Å². The Morgan fingerprint density at radius 3 is 1.91 bits per heavy atom. The summed E-state index contributed by atoms with van der Waals surface area (Å²) in [6.45, 7) is 7.42. The number of nitrogens with one attached hydrogen (secondary N) is 2. The van der Waals surface area contributed by atoms with Crippen molar-refractivity contribution < 1.29 is 9.47 Å². The summed E-state index contributed by atoms with van der Waals surface area (Å²) in [4.78, 5) is 8.42. The summed E-state index contributed by atoms with van der Waals surface area (Å²) in [5.41, 5.74) is 10.7. The largest absolute Gasteiger partial charge is 0.494 e. The second kappa shape index (κ2) is 12.7. The standard InChI is InChI=1S/C38H35N3O2/c1-4-42-33-22-18-31(19-23-33)40-29-14-10-27(11-15-29)38(37-26(3)39-36-9-7-6-8-35(36)37)28-12-16-30(17-13-28)41-32-20-24-34(25-21-32)43-5-2/h6-25,39-40H,4-5H2,1-3H3. The first kappa shape index (κ1) is 27.9. The van der Waals surface area contributed by atoms with Gasteiger partial charge in [0.1, 0.15) is 11.5 Å². The van der Waals surface area contributed by atoms with Crippen molar-refractivity contribution in [3.63, 3.8) is 0 Å². The maximum absolute atomic E-state index is 5.58. The highest BCUT2D eigenvalue weighted by atomic mass is 16.5. The average Bonchev–Trinajstić information content (AvgIpc) is 3.36. The zero-order valence-corrected chi connectivity index (χ0v) is 24.7. The van der Waals surface area contributed by atoms with Crippen molar-refractivity contribution >= 4 is 39.2 Å². The van der Waals surface area contributed by atoms with E-state index in [1.54, 1.807) is 0 Å². The van der Waals surface area contributed by atoms with Crippen molar-refractivity contribution in [3.8, 4) is 11.5 Å². The summed E-state index contributed by atoms with van der Waals surface area (Å²) in [7, 11) is 0. The number of hydrogen-bond acceptors (Lipinski definition) is 4. The third-order valence-electron chi connectivity index (χ3n) is 7.33. The fourth-order valence-corrected chi connectivity index (χ4v) is 5.38. The fraction of sp³-hybridized carbons (Fsp3) is 0.132. The molecule has 0 unspecified atom stereocenters. The molecule has 214 valence electrons. The molecule has 0 fully saturated rings. The maximum atomic E-state index is 5.58. The second-order valence-corrected chi connectivity index (χ2v) is 10.3. The summed E-state index contributed by atoms with van der Waals surface area (Å²) in [5, 5.41) is 4.71. The number of anilines is 2. The average molecular weight is 566 g/mol. The van der Waals surface area contributed by atoms with Crippen LogP contribution in [0.3, 0.4) is 0 Å². The topological polar surface area (TPSA) is 58.6 Å². The lowest BCUT2D eigenvalue weighted by Crippen LogP contribution is -1.99. The van der Waals surface area contributed by atoms with Crippen molar-refractivity contribution in [1.82, 2.24) is 4.98 Å². The number of hydrogen-bond donors (Lipinski definition) is 2. The highest BCUT2D eigenvalue weighted by Gasteiger charge is 2.18. The highest BCUT2D eigenvalue weighted by Crippen LogP contribution is 2.37. The molecule has 1 heterocycles. The van der Waals surface area contributed by atoms with Crippen LogP contribution in [0.1, 0.15) is 30.7 Å². The zero-order chi connectivity index (χ0) is 29.6. The molecule has 0 amide bonds. The van der Waals surface area contributed by atoms with Crippen LogP contribution in [0.5, 0.6) is 11.5 Å². The molecule has 0 atom stereocenters. The van der Waals surface area contributed by atoms with Gasteiger partial charge in [0.25, 0.3) is 0 Å². The van der Waals surface area contributed by atoms with Gasteiger partial charge in [-0.15, -0.1) is 0 Å². The first-order valence-corrected chi connectivity index (χ1v) is 14.7. The number of rotatable bonds is 9. The molecule has 5 nitrogen and oxygen atoms in total. The maximum Gasteiger partial charge on any atom is 0.119 e. The van der Waals surface area contributed by atoms with Gasteiger partial charge < -0.3 is 19.8 Å². The number of H-pyrrole nitrogens is 1. The highest BCUT2D eigenvalue weighted by molar-refractivity contribution is 6.09. The molecule has 5 aromatic rings. The molecule has 43 heavy (non-hydrogen) atoms. The van der Waals surface area contributed by atoms with Crippen LogP contribution in [-0.4, -0.2) is 23.9 Å². The Bertz CT molecular complexity index is 1820. The lowest BCUT2D eigenvalue weighted by Gasteiger charge is -2.16. The Balaban J connectivity index is 1.34. The summed E-state index contributed by atoms with van der Waals surface area (Å²) < 4.78 is 11.1. The van der Waals surface area contributed by atoms with Gasteiger partial charge in [0.05, 0.1) is 24.6 Å². The Kier molecular flexibility index (Phi) is 8.23. The molecular formula is C38H35N3O2. The Morgan fingerprint density at radius 2 is 1.28 bits per heavy atom. The fourth-order valence-electron chi connectivity index (χ4n) is 5.38. The lowest BCUT2D eigenvalue weighted by molar-refractivity contribution is 0.340. The second-order valence-electron chi connectivity index (χ2n) is 10.3. The van der Waals surface area contributed by atoms with Crippen LogP contribution in [-0.2, 0) is 0 Å². The van der Waals surface area contributed by atoms with E-state index in [2.05, 4.69) is 90.1 Å². The summed E-state index contributed by atoms with van der Waals surface area (Å²) in [6, 6.07) is 33.0. The third kappa shape index (κ3) is 6.31. The van der Waals surface area contributed by atoms with Gasteiger partial charge in [0.2, 0.25) is 0 Å². The molecule has 2 N–H and O–H groups in total. The molecule has 0 aliphatic heterocycles. The van der Waals surface area contributed by atoms with Gasteiger partial charge in [-0.05, 0) is 116 Å². The van der Waals surface area contributed by atoms with Crippen LogP contribution in [0.25, 0.3) is 16.5 Å². The van der Waals surface area contributed by atoms with Gasteiger partial charge in [0.15, 0.2) is 0 Å². The zero-order valence-electron chi connectivity index (χ0n) is 24.7. The molecule has 0 radical (unpaired) electrons. The van der Waals surface area contributed by atoms with Gasteiger partial charge >= 0.3 is 0 Å². The van der Waals surface area contributed by atoms with Crippen LogP contribution in [0, 0.1) is 6.92 Å².